The molecule has 0 radical (unpaired) electrons. The van der Waals surface area contributed by atoms with Crippen molar-refractivity contribution in [3.63, 3.8) is 0 Å². The minimum absolute atomic E-state index is 0.129. The zero-order valence-electron chi connectivity index (χ0n) is 16.4. The molecule has 5 heteroatoms. The van der Waals surface area contributed by atoms with E-state index in [1.807, 2.05) is 51.3 Å². The van der Waals surface area contributed by atoms with Crippen LogP contribution in [-0.2, 0) is 14.3 Å². The van der Waals surface area contributed by atoms with Crippen LogP contribution in [0.4, 0.5) is 0 Å². The summed E-state index contributed by atoms with van der Waals surface area (Å²) in [6, 6.07) is 8.14. The zero-order chi connectivity index (χ0) is 19.6. The fraction of sp³-hybridized carbons (Fsp3) is 0.455. The van der Waals surface area contributed by atoms with E-state index in [-0.39, 0.29) is 23.8 Å². The van der Waals surface area contributed by atoms with Crippen molar-refractivity contribution in [2.75, 3.05) is 6.26 Å². The largest absolute Gasteiger partial charge is 0.459 e. The Morgan fingerprint density at radius 3 is 2.63 bits per heavy atom. The first-order valence-corrected chi connectivity index (χ1v) is 10.8. The van der Waals surface area contributed by atoms with Crippen LogP contribution in [0.3, 0.4) is 0 Å². The molecule has 144 valence electrons. The van der Waals surface area contributed by atoms with Crippen LogP contribution in [0.25, 0.3) is 0 Å². The summed E-state index contributed by atoms with van der Waals surface area (Å²) < 4.78 is 5.65. The number of ether oxygens (including phenoxy) is 1. The number of Topliss-reactive ketones (excluding diaryl/α,β-unsaturated/α-hetero) is 1. The predicted octanol–water partition coefficient (Wildman–Crippen LogP) is 4.72. The molecule has 2 atom stereocenters. The molecule has 1 aliphatic heterocycles. The number of thioether (sulfide) groups is 1. The molecular weight excluding hydrogens is 358 g/mol. The topological polar surface area (TPSA) is 55.4 Å². The standard InChI is InChI=1S/C22H27NO3S/c1-5-13(2)26-22(25)19-14(3)23-17-7-6-8-18(24)21(17)20(19)15-9-11-16(27-4)12-10-15/h9-13,20,23H,5-8H2,1-4H3/t13-,20+/m0/s1. The minimum Gasteiger partial charge on any atom is -0.459 e. The molecular formula is C22H27NO3S. The van der Waals surface area contributed by atoms with E-state index in [1.165, 1.54) is 0 Å². The number of carbonyl (C=O) groups excluding carboxylic acids is 2. The Kier molecular flexibility index (Phi) is 6.10. The molecule has 0 saturated carbocycles. The molecule has 1 aromatic carbocycles. The molecule has 1 heterocycles. The summed E-state index contributed by atoms with van der Waals surface area (Å²) >= 11 is 1.67. The third-order valence-corrected chi connectivity index (χ3v) is 6.07. The number of hydrogen-bond acceptors (Lipinski definition) is 5. The summed E-state index contributed by atoms with van der Waals surface area (Å²) in [6.07, 6.45) is 4.85. The van der Waals surface area contributed by atoms with Crippen molar-refractivity contribution < 1.29 is 14.3 Å². The van der Waals surface area contributed by atoms with Crippen molar-refractivity contribution >= 4 is 23.5 Å². The number of rotatable bonds is 5. The molecule has 1 aromatic rings. The van der Waals surface area contributed by atoms with Crippen molar-refractivity contribution in [3.05, 3.63) is 52.4 Å². The molecule has 0 saturated heterocycles. The van der Waals surface area contributed by atoms with Crippen LogP contribution in [0.15, 0.2) is 51.7 Å². The summed E-state index contributed by atoms with van der Waals surface area (Å²) in [5.41, 5.74) is 4.01. The van der Waals surface area contributed by atoms with Gasteiger partial charge in [0, 0.05) is 34.2 Å². The number of dihydropyridines is 1. The highest BCUT2D eigenvalue weighted by atomic mass is 32.2. The molecule has 0 bridgehead atoms. The number of nitrogens with one attached hydrogen (secondary N) is 1. The minimum atomic E-state index is -0.360. The van der Waals surface area contributed by atoms with E-state index in [0.717, 1.165) is 46.7 Å². The first-order chi connectivity index (χ1) is 13.0. The smallest absolute Gasteiger partial charge is 0.337 e. The van der Waals surface area contributed by atoms with E-state index in [4.69, 9.17) is 4.74 Å². The Bertz CT molecular complexity index is 807. The lowest BCUT2D eigenvalue weighted by Crippen LogP contribution is -2.35. The Morgan fingerprint density at radius 2 is 2.00 bits per heavy atom. The van der Waals surface area contributed by atoms with Gasteiger partial charge in [0.05, 0.1) is 11.7 Å². The SMILES string of the molecule is CC[C@H](C)OC(=O)C1=C(C)NC2=C(C(=O)CCC2)[C@@H]1c1ccc(SC)cc1. The molecule has 0 aromatic heterocycles. The molecule has 4 nitrogen and oxygen atoms in total. The maximum Gasteiger partial charge on any atom is 0.337 e. The predicted molar refractivity (Wildman–Crippen MR) is 109 cm³/mol. The molecule has 0 amide bonds. The zero-order valence-corrected chi connectivity index (χ0v) is 17.2. The van der Waals surface area contributed by atoms with E-state index < -0.39 is 0 Å². The maximum absolute atomic E-state index is 13.0. The second kappa shape index (κ2) is 8.34. The van der Waals surface area contributed by atoms with E-state index >= 15 is 0 Å². The number of carbonyl (C=O) groups is 2. The Hall–Kier alpha value is -2.01. The van der Waals surface area contributed by atoms with Gasteiger partial charge in [-0.3, -0.25) is 4.79 Å². The van der Waals surface area contributed by atoms with Gasteiger partial charge in [-0.25, -0.2) is 4.79 Å². The van der Waals surface area contributed by atoms with Crippen molar-refractivity contribution in [1.82, 2.24) is 5.32 Å². The van der Waals surface area contributed by atoms with Crippen LogP contribution in [-0.4, -0.2) is 24.1 Å². The average Bonchev–Trinajstić information content (AvgIpc) is 2.67. The first-order valence-electron chi connectivity index (χ1n) is 9.55. The van der Waals surface area contributed by atoms with Gasteiger partial charge in [-0.15, -0.1) is 11.8 Å². The monoisotopic (exact) mass is 385 g/mol. The number of allylic oxidation sites excluding steroid dienone is 3. The Morgan fingerprint density at radius 1 is 1.30 bits per heavy atom. The Labute approximate surface area is 165 Å². The normalized spacial score (nSPS) is 20.9. The molecule has 0 spiro atoms. The van der Waals surface area contributed by atoms with E-state index in [0.29, 0.717) is 12.0 Å². The first kappa shape index (κ1) is 19.7. The lowest BCUT2D eigenvalue weighted by Gasteiger charge is -2.34. The molecule has 1 N–H and O–H groups in total. The fourth-order valence-electron chi connectivity index (χ4n) is 3.71. The van der Waals surface area contributed by atoms with Gasteiger partial charge in [-0.05, 0) is 57.1 Å². The molecule has 0 fully saturated rings. The average molecular weight is 386 g/mol. The van der Waals surface area contributed by atoms with Crippen LogP contribution >= 0.6 is 11.8 Å². The van der Waals surface area contributed by atoms with Gasteiger partial charge >= 0.3 is 5.97 Å². The van der Waals surface area contributed by atoms with Crippen LogP contribution in [0.1, 0.15) is 57.9 Å². The van der Waals surface area contributed by atoms with E-state index in [2.05, 4.69) is 5.32 Å². The van der Waals surface area contributed by atoms with Crippen molar-refractivity contribution in [2.24, 2.45) is 0 Å². The second-order valence-corrected chi connectivity index (χ2v) is 8.04. The van der Waals surface area contributed by atoms with Gasteiger partial charge in [0.2, 0.25) is 0 Å². The van der Waals surface area contributed by atoms with Crippen molar-refractivity contribution in [2.45, 2.75) is 63.4 Å². The van der Waals surface area contributed by atoms with Gasteiger partial charge in [-0.2, -0.15) is 0 Å². The molecule has 0 unspecified atom stereocenters. The van der Waals surface area contributed by atoms with Crippen LogP contribution in [0, 0.1) is 0 Å². The highest BCUT2D eigenvalue weighted by Gasteiger charge is 2.39. The third kappa shape index (κ3) is 3.98. The van der Waals surface area contributed by atoms with Gasteiger partial charge in [0.25, 0.3) is 0 Å². The van der Waals surface area contributed by atoms with E-state index in [9.17, 15) is 9.59 Å². The highest BCUT2D eigenvalue weighted by molar-refractivity contribution is 7.98. The van der Waals surface area contributed by atoms with E-state index in [1.54, 1.807) is 11.8 Å². The van der Waals surface area contributed by atoms with Crippen LogP contribution in [0.5, 0.6) is 0 Å². The van der Waals surface area contributed by atoms with Gasteiger partial charge < -0.3 is 10.1 Å². The van der Waals surface area contributed by atoms with Crippen molar-refractivity contribution in [3.8, 4) is 0 Å². The quantitative estimate of drug-likeness (QED) is 0.587. The fourth-order valence-corrected chi connectivity index (χ4v) is 4.12. The molecule has 1 aliphatic carbocycles. The lowest BCUT2D eigenvalue weighted by molar-refractivity contribution is -0.144. The van der Waals surface area contributed by atoms with Crippen molar-refractivity contribution in [1.29, 1.82) is 0 Å². The summed E-state index contributed by atoms with van der Waals surface area (Å²) in [4.78, 5) is 27.0. The summed E-state index contributed by atoms with van der Waals surface area (Å²) in [5.74, 6) is -0.566. The summed E-state index contributed by atoms with van der Waals surface area (Å²) in [7, 11) is 0. The van der Waals surface area contributed by atoms with Crippen LogP contribution < -0.4 is 5.32 Å². The van der Waals surface area contributed by atoms with Gasteiger partial charge in [0.15, 0.2) is 5.78 Å². The Balaban J connectivity index is 2.08. The maximum atomic E-state index is 13.0. The molecule has 27 heavy (non-hydrogen) atoms. The lowest BCUT2D eigenvalue weighted by atomic mass is 9.75. The number of esters is 1. The second-order valence-electron chi connectivity index (χ2n) is 7.16. The number of benzene rings is 1. The molecule has 3 rings (SSSR count). The van der Waals surface area contributed by atoms with Gasteiger partial charge in [0.1, 0.15) is 0 Å². The van der Waals surface area contributed by atoms with Gasteiger partial charge in [-0.1, -0.05) is 19.1 Å². The van der Waals surface area contributed by atoms with Crippen LogP contribution in [0.2, 0.25) is 0 Å². The third-order valence-electron chi connectivity index (χ3n) is 5.33. The highest BCUT2D eigenvalue weighted by Crippen LogP contribution is 2.42. The number of ketones is 1. The summed E-state index contributed by atoms with van der Waals surface area (Å²) in [6.45, 7) is 5.78. The summed E-state index contributed by atoms with van der Waals surface area (Å²) in [5, 5.41) is 3.33. The molecule has 2 aliphatic rings. The number of hydrogen-bond donors (Lipinski definition) is 1.